The second kappa shape index (κ2) is 7.42. The van der Waals surface area contributed by atoms with Gasteiger partial charge < -0.3 is 5.32 Å². The molecule has 0 aromatic heterocycles. The van der Waals surface area contributed by atoms with Crippen molar-refractivity contribution in [2.24, 2.45) is 11.8 Å². The third kappa shape index (κ3) is 3.95. The van der Waals surface area contributed by atoms with E-state index in [0.717, 1.165) is 24.4 Å². The Balaban J connectivity index is 2.11. The summed E-state index contributed by atoms with van der Waals surface area (Å²) in [4.78, 5) is 0. The standard InChI is InChI=1S/C17H25ClFN/c1-3-12-5-8-17(20-4-2)14(9-12)10-13-11-15(19)6-7-16(13)18/h6-7,11-12,14,17,20H,3-5,8-10H2,1-2H3. The van der Waals surface area contributed by atoms with Gasteiger partial charge in [0.1, 0.15) is 5.82 Å². The van der Waals surface area contributed by atoms with Crippen LogP contribution in [0, 0.1) is 17.7 Å². The van der Waals surface area contributed by atoms with Crippen molar-refractivity contribution in [2.75, 3.05) is 6.54 Å². The molecule has 0 aliphatic heterocycles. The molecule has 0 radical (unpaired) electrons. The summed E-state index contributed by atoms with van der Waals surface area (Å²) in [5, 5.41) is 4.29. The van der Waals surface area contributed by atoms with E-state index < -0.39 is 0 Å². The van der Waals surface area contributed by atoms with Crippen LogP contribution >= 0.6 is 11.6 Å². The van der Waals surface area contributed by atoms with E-state index in [-0.39, 0.29) is 5.82 Å². The van der Waals surface area contributed by atoms with Gasteiger partial charge in [-0.1, -0.05) is 31.9 Å². The van der Waals surface area contributed by atoms with Crippen molar-refractivity contribution in [1.82, 2.24) is 5.32 Å². The highest BCUT2D eigenvalue weighted by molar-refractivity contribution is 6.31. The lowest BCUT2D eigenvalue weighted by Crippen LogP contribution is -2.41. The number of halogens is 2. The molecule has 0 amide bonds. The van der Waals surface area contributed by atoms with E-state index in [1.807, 2.05) is 0 Å². The average molecular weight is 298 g/mol. The number of benzene rings is 1. The molecule has 0 saturated heterocycles. The number of hydrogen-bond acceptors (Lipinski definition) is 1. The quantitative estimate of drug-likeness (QED) is 0.821. The van der Waals surface area contributed by atoms with Gasteiger partial charge in [-0.15, -0.1) is 0 Å². The summed E-state index contributed by atoms with van der Waals surface area (Å²) in [6.45, 7) is 5.41. The Labute approximate surface area is 126 Å². The van der Waals surface area contributed by atoms with Crippen LogP contribution in [-0.4, -0.2) is 12.6 Å². The molecule has 1 fully saturated rings. The number of hydrogen-bond donors (Lipinski definition) is 1. The highest BCUT2D eigenvalue weighted by Gasteiger charge is 2.29. The SMILES string of the molecule is CCNC1CCC(CC)CC1Cc1cc(F)ccc1Cl. The molecule has 3 heteroatoms. The highest BCUT2D eigenvalue weighted by Crippen LogP contribution is 2.34. The van der Waals surface area contributed by atoms with Crippen LogP contribution in [0.25, 0.3) is 0 Å². The van der Waals surface area contributed by atoms with Crippen LogP contribution < -0.4 is 5.32 Å². The Hall–Kier alpha value is -0.600. The van der Waals surface area contributed by atoms with Gasteiger partial charge in [-0.05, 0) is 67.8 Å². The van der Waals surface area contributed by atoms with Crippen molar-refractivity contribution in [3.05, 3.63) is 34.6 Å². The van der Waals surface area contributed by atoms with Gasteiger partial charge in [0.15, 0.2) is 0 Å². The summed E-state index contributed by atoms with van der Waals surface area (Å²) in [6, 6.07) is 5.25. The van der Waals surface area contributed by atoms with Gasteiger partial charge in [0.05, 0.1) is 0 Å². The van der Waals surface area contributed by atoms with E-state index in [0.29, 0.717) is 17.0 Å². The normalized spacial score (nSPS) is 26.7. The molecule has 0 heterocycles. The molecule has 1 saturated carbocycles. The maximum absolute atomic E-state index is 13.4. The maximum Gasteiger partial charge on any atom is 0.123 e. The lowest BCUT2D eigenvalue weighted by atomic mass is 9.74. The second-order valence-corrected chi connectivity index (χ2v) is 6.36. The summed E-state index contributed by atoms with van der Waals surface area (Å²) < 4.78 is 13.4. The number of rotatable bonds is 5. The molecule has 20 heavy (non-hydrogen) atoms. The van der Waals surface area contributed by atoms with Crippen LogP contribution in [-0.2, 0) is 6.42 Å². The predicted molar refractivity (Wildman–Crippen MR) is 83.7 cm³/mol. The molecule has 112 valence electrons. The first-order valence-electron chi connectivity index (χ1n) is 7.81. The van der Waals surface area contributed by atoms with Crippen LogP contribution in [0.4, 0.5) is 4.39 Å². The molecule has 3 atom stereocenters. The zero-order valence-corrected chi connectivity index (χ0v) is 13.2. The van der Waals surface area contributed by atoms with Crippen molar-refractivity contribution in [1.29, 1.82) is 0 Å². The molecule has 2 rings (SSSR count). The first kappa shape index (κ1) is 15.8. The van der Waals surface area contributed by atoms with E-state index in [1.165, 1.54) is 31.7 Å². The van der Waals surface area contributed by atoms with Crippen molar-refractivity contribution in [3.63, 3.8) is 0 Å². The number of nitrogens with one attached hydrogen (secondary N) is 1. The molecule has 0 bridgehead atoms. The summed E-state index contributed by atoms with van der Waals surface area (Å²) in [5.41, 5.74) is 0.955. The van der Waals surface area contributed by atoms with Crippen molar-refractivity contribution in [2.45, 2.75) is 52.0 Å². The molecule has 3 unspecified atom stereocenters. The Bertz CT molecular complexity index is 435. The van der Waals surface area contributed by atoms with Crippen molar-refractivity contribution in [3.8, 4) is 0 Å². The van der Waals surface area contributed by atoms with Gasteiger partial charge in [-0.25, -0.2) is 4.39 Å². The van der Waals surface area contributed by atoms with Crippen LogP contribution in [0.1, 0.15) is 45.1 Å². The molecule has 1 aromatic rings. The van der Waals surface area contributed by atoms with Crippen LogP contribution in [0.5, 0.6) is 0 Å². The van der Waals surface area contributed by atoms with Gasteiger partial charge in [0.2, 0.25) is 0 Å². The van der Waals surface area contributed by atoms with E-state index in [1.54, 1.807) is 12.1 Å². The van der Waals surface area contributed by atoms with E-state index in [4.69, 9.17) is 11.6 Å². The summed E-state index contributed by atoms with van der Waals surface area (Å²) >= 11 is 6.22. The maximum atomic E-state index is 13.4. The minimum atomic E-state index is -0.188. The summed E-state index contributed by atoms with van der Waals surface area (Å²) in [7, 11) is 0. The largest absolute Gasteiger partial charge is 0.314 e. The lowest BCUT2D eigenvalue weighted by Gasteiger charge is -2.36. The van der Waals surface area contributed by atoms with Crippen LogP contribution in [0.2, 0.25) is 5.02 Å². The molecular formula is C17H25ClFN. The Morgan fingerprint density at radius 1 is 1.30 bits per heavy atom. The smallest absolute Gasteiger partial charge is 0.123 e. The van der Waals surface area contributed by atoms with Crippen molar-refractivity contribution < 1.29 is 4.39 Å². The lowest BCUT2D eigenvalue weighted by molar-refractivity contribution is 0.200. The van der Waals surface area contributed by atoms with E-state index in [2.05, 4.69) is 19.2 Å². The van der Waals surface area contributed by atoms with E-state index in [9.17, 15) is 4.39 Å². The fourth-order valence-corrected chi connectivity index (χ4v) is 3.67. The molecule has 1 N–H and O–H groups in total. The minimum absolute atomic E-state index is 0.188. The van der Waals surface area contributed by atoms with Crippen LogP contribution in [0.15, 0.2) is 18.2 Å². The van der Waals surface area contributed by atoms with Crippen LogP contribution in [0.3, 0.4) is 0 Å². The minimum Gasteiger partial charge on any atom is -0.314 e. The summed E-state index contributed by atoms with van der Waals surface area (Å²) in [5.74, 6) is 1.18. The Morgan fingerprint density at radius 3 is 2.80 bits per heavy atom. The van der Waals surface area contributed by atoms with Gasteiger partial charge in [0.25, 0.3) is 0 Å². The molecule has 1 nitrogen and oxygen atoms in total. The average Bonchev–Trinajstić information content (AvgIpc) is 2.45. The van der Waals surface area contributed by atoms with Crippen molar-refractivity contribution >= 4 is 11.6 Å². The first-order chi connectivity index (χ1) is 9.63. The zero-order valence-electron chi connectivity index (χ0n) is 12.5. The van der Waals surface area contributed by atoms with Gasteiger partial charge >= 0.3 is 0 Å². The first-order valence-corrected chi connectivity index (χ1v) is 8.19. The van der Waals surface area contributed by atoms with Gasteiger partial charge in [-0.2, -0.15) is 0 Å². The second-order valence-electron chi connectivity index (χ2n) is 5.95. The predicted octanol–water partition coefficient (Wildman–Crippen LogP) is 4.83. The molecule has 1 aromatic carbocycles. The zero-order chi connectivity index (χ0) is 14.5. The third-order valence-electron chi connectivity index (χ3n) is 4.62. The van der Waals surface area contributed by atoms with Gasteiger partial charge in [0, 0.05) is 11.1 Å². The molecule has 0 spiro atoms. The molecular weight excluding hydrogens is 273 g/mol. The monoisotopic (exact) mass is 297 g/mol. The van der Waals surface area contributed by atoms with Gasteiger partial charge in [-0.3, -0.25) is 0 Å². The van der Waals surface area contributed by atoms with E-state index >= 15 is 0 Å². The fraction of sp³-hybridized carbons (Fsp3) is 0.647. The highest BCUT2D eigenvalue weighted by atomic mass is 35.5. The molecule has 1 aliphatic carbocycles. The topological polar surface area (TPSA) is 12.0 Å². The molecule has 1 aliphatic rings. The third-order valence-corrected chi connectivity index (χ3v) is 4.99. The summed E-state index contributed by atoms with van der Waals surface area (Å²) in [6.07, 6.45) is 5.88. The fourth-order valence-electron chi connectivity index (χ4n) is 3.47. The Morgan fingerprint density at radius 2 is 2.10 bits per heavy atom. The Kier molecular flexibility index (Phi) is 5.86.